The van der Waals surface area contributed by atoms with Crippen molar-refractivity contribution in [3.63, 3.8) is 0 Å². The maximum absolute atomic E-state index is 8.95. The Hall–Kier alpha value is -1.83. The molecule has 2 N–H and O–H groups in total. The number of nitriles is 1. The van der Waals surface area contributed by atoms with Crippen LogP contribution in [0, 0.1) is 11.3 Å². The monoisotopic (exact) mass is 343 g/mol. The number of hydrogen-bond donors (Lipinski definition) is 1. The van der Waals surface area contributed by atoms with Crippen molar-refractivity contribution in [2.24, 2.45) is 5.73 Å². The SMILES string of the molecule is CC(N)c1ccc(N(C)Cc2cccc(C#N)c2)cc1Br. The van der Waals surface area contributed by atoms with Gasteiger partial charge >= 0.3 is 0 Å². The summed E-state index contributed by atoms with van der Waals surface area (Å²) in [6, 6.07) is 16.0. The summed E-state index contributed by atoms with van der Waals surface area (Å²) >= 11 is 3.57. The molecule has 2 aromatic carbocycles. The topological polar surface area (TPSA) is 53.0 Å². The number of benzene rings is 2. The van der Waals surface area contributed by atoms with Gasteiger partial charge in [0.15, 0.2) is 0 Å². The van der Waals surface area contributed by atoms with E-state index in [4.69, 9.17) is 11.0 Å². The van der Waals surface area contributed by atoms with Crippen LogP contribution in [-0.2, 0) is 6.54 Å². The lowest BCUT2D eigenvalue weighted by atomic mass is 10.1. The molecule has 0 aromatic heterocycles. The van der Waals surface area contributed by atoms with E-state index in [0.717, 1.165) is 27.8 Å². The van der Waals surface area contributed by atoms with Crippen LogP contribution in [0.4, 0.5) is 5.69 Å². The molecule has 3 nitrogen and oxygen atoms in total. The lowest BCUT2D eigenvalue weighted by Crippen LogP contribution is -2.17. The summed E-state index contributed by atoms with van der Waals surface area (Å²) in [5.41, 5.74) is 9.93. The molecule has 2 aromatic rings. The average Bonchev–Trinajstić information content (AvgIpc) is 2.46. The highest BCUT2D eigenvalue weighted by molar-refractivity contribution is 9.10. The molecular formula is C17H18BrN3. The van der Waals surface area contributed by atoms with Crippen LogP contribution in [0.5, 0.6) is 0 Å². The third-order valence-corrected chi connectivity index (χ3v) is 4.08. The largest absolute Gasteiger partial charge is 0.370 e. The summed E-state index contributed by atoms with van der Waals surface area (Å²) < 4.78 is 1.02. The van der Waals surface area contributed by atoms with E-state index in [0.29, 0.717) is 5.56 Å². The summed E-state index contributed by atoms with van der Waals surface area (Å²) in [6.45, 7) is 2.72. The molecule has 1 unspecified atom stereocenters. The van der Waals surface area contributed by atoms with Crippen LogP contribution in [0.1, 0.15) is 29.7 Å². The highest BCUT2D eigenvalue weighted by Gasteiger charge is 2.08. The van der Waals surface area contributed by atoms with Gasteiger partial charge in [-0.1, -0.05) is 34.1 Å². The Bertz CT molecular complexity index is 674. The summed E-state index contributed by atoms with van der Waals surface area (Å²) in [4.78, 5) is 2.15. The van der Waals surface area contributed by atoms with Gasteiger partial charge in [-0.2, -0.15) is 5.26 Å². The van der Waals surface area contributed by atoms with Gasteiger partial charge in [0.25, 0.3) is 0 Å². The van der Waals surface area contributed by atoms with Crippen molar-refractivity contribution in [3.05, 3.63) is 63.6 Å². The molecule has 0 heterocycles. The van der Waals surface area contributed by atoms with Crippen molar-refractivity contribution in [3.8, 4) is 6.07 Å². The van der Waals surface area contributed by atoms with E-state index >= 15 is 0 Å². The molecule has 0 amide bonds. The van der Waals surface area contributed by atoms with Gasteiger partial charge in [0.2, 0.25) is 0 Å². The molecule has 108 valence electrons. The minimum Gasteiger partial charge on any atom is -0.370 e. The van der Waals surface area contributed by atoms with Gasteiger partial charge in [-0.15, -0.1) is 0 Å². The Morgan fingerprint density at radius 2 is 2.05 bits per heavy atom. The van der Waals surface area contributed by atoms with Crippen LogP contribution in [0.2, 0.25) is 0 Å². The normalized spacial score (nSPS) is 11.8. The minimum atomic E-state index is 0.00559. The molecule has 0 aliphatic carbocycles. The summed E-state index contributed by atoms with van der Waals surface area (Å²) in [7, 11) is 2.03. The first kappa shape index (κ1) is 15.6. The first-order valence-corrected chi connectivity index (χ1v) is 7.55. The fourth-order valence-electron chi connectivity index (χ4n) is 2.23. The summed E-state index contributed by atoms with van der Waals surface area (Å²) in [5.74, 6) is 0. The summed E-state index contributed by atoms with van der Waals surface area (Å²) in [6.07, 6.45) is 0. The first-order valence-electron chi connectivity index (χ1n) is 6.76. The van der Waals surface area contributed by atoms with E-state index in [-0.39, 0.29) is 6.04 Å². The third-order valence-electron chi connectivity index (χ3n) is 3.39. The number of nitrogens with zero attached hydrogens (tertiary/aromatic N) is 2. The maximum atomic E-state index is 8.95. The Morgan fingerprint density at radius 1 is 1.29 bits per heavy atom. The molecule has 0 saturated heterocycles. The quantitative estimate of drug-likeness (QED) is 0.913. The lowest BCUT2D eigenvalue weighted by molar-refractivity contribution is 0.812. The van der Waals surface area contributed by atoms with Crippen molar-refractivity contribution >= 4 is 21.6 Å². The number of halogens is 1. The van der Waals surface area contributed by atoms with E-state index in [1.54, 1.807) is 0 Å². The van der Waals surface area contributed by atoms with Gasteiger partial charge in [-0.3, -0.25) is 0 Å². The van der Waals surface area contributed by atoms with E-state index in [1.165, 1.54) is 0 Å². The predicted molar refractivity (Wildman–Crippen MR) is 90.0 cm³/mol. The van der Waals surface area contributed by atoms with Crippen LogP contribution in [-0.4, -0.2) is 7.05 Å². The second kappa shape index (κ2) is 6.75. The highest BCUT2D eigenvalue weighted by atomic mass is 79.9. The fraction of sp³-hybridized carbons (Fsp3) is 0.235. The van der Waals surface area contributed by atoms with Gasteiger partial charge in [0, 0.05) is 29.8 Å². The molecular weight excluding hydrogens is 326 g/mol. The van der Waals surface area contributed by atoms with Crippen LogP contribution >= 0.6 is 15.9 Å². The van der Waals surface area contributed by atoms with Crippen molar-refractivity contribution in [1.29, 1.82) is 5.26 Å². The van der Waals surface area contributed by atoms with Crippen molar-refractivity contribution in [2.45, 2.75) is 19.5 Å². The smallest absolute Gasteiger partial charge is 0.0991 e. The zero-order chi connectivity index (χ0) is 15.4. The van der Waals surface area contributed by atoms with E-state index < -0.39 is 0 Å². The second-order valence-electron chi connectivity index (χ2n) is 5.16. The minimum absolute atomic E-state index is 0.00559. The van der Waals surface area contributed by atoms with Crippen LogP contribution < -0.4 is 10.6 Å². The van der Waals surface area contributed by atoms with Crippen molar-refractivity contribution in [2.75, 3.05) is 11.9 Å². The van der Waals surface area contributed by atoms with Gasteiger partial charge in [0.1, 0.15) is 0 Å². The molecule has 1 atom stereocenters. The number of nitrogens with two attached hydrogens (primary N) is 1. The lowest BCUT2D eigenvalue weighted by Gasteiger charge is -2.21. The Kier molecular flexibility index (Phi) is 5.00. The maximum Gasteiger partial charge on any atom is 0.0991 e. The molecule has 0 fully saturated rings. The molecule has 0 saturated carbocycles. The summed E-state index contributed by atoms with van der Waals surface area (Å²) in [5, 5.41) is 8.95. The van der Waals surface area contributed by atoms with Crippen molar-refractivity contribution in [1.82, 2.24) is 0 Å². The molecule has 21 heavy (non-hydrogen) atoms. The van der Waals surface area contributed by atoms with Crippen LogP contribution in [0.15, 0.2) is 46.9 Å². The van der Waals surface area contributed by atoms with Gasteiger partial charge in [0.05, 0.1) is 11.6 Å². The van der Waals surface area contributed by atoms with Gasteiger partial charge < -0.3 is 10.6 Å². The molecule has 0 radical (unpaired) electrons. The first-order chi connectivity index (χ1) is 10.0. The predicted octanol–water partition coefficient (Wildman–Crippen LogP) is 3.98. The zero-order valence-corrected chi connectivity index (χ0v) is 13.8. The zero-order valence-electron chi connectivity index (χ0n) is 12.2. The fourth-order valence-corrected chi connectivity index (χ4v) is 2.95. The molecule has 2 rings (SSSR count). The van der Waals surface area contributed by atoms with Gasteiger partial charge in [-0.25, -0.2) is 0 Å². The number of anilines is 1. The van der Waals surface area contributed by atoms with Crippen LogP contribution in [0.3, 0.4) is 0 Å². The molecule has 0 spiro atoms. The van der Waals surface area contributed by atoms with Gasteiger partial charge in [-0.05, 0) is 42.3 Å². The molecule has 0 bridgehead atoms. The second-order valence-corrected chi connectivity index (χ2v) is 6.02. The Labute approximate surface area is 134 Å². The number of hydrogen-bond acceptors (Lipinski definition) is 3. The average molecular weight is 344 g/mol. The third kappa shape index (κ3) is 3.84. The van der Waals surface area contributed by atoms with E-state index in [1.807, 2.05) is 44.3 Å². The van der Waals surface area contributed by atoms with Crippen LogP contribution in [0.25, 0.3) is 0 Å². The Morgan fingerprint density at radius 3 is 2.67 bits per heavy atom. The van der Waals surface area contributed by atoms with Crippen molar-refractivity contribution < 1.29 is 0 Å². The van der Waals surface area contributed by atoms with E-state index in [9.17, 15) is 0 Å². The van der Waals surface area contributed by atoms with E-state index in [2.05, 4.69) is 39.0 Å². The Balaban J connectivity index is 2.18. The highest BCUT2D eigenvalue weighted by Crippen LogP contribution is 2.27. The molecule has 4 heteroatoms. The number of rotatable bonds is 4. The molecule has 0 aliphatic rings. The molecule has 0 aliphatic heterocycles. The standard InChI is InChI=1S/C17H18BrN3/c1-12(20)16-7-6-15(9-17(16)18)21(2)11-14-5-3-4-13(8-14)10-19/h3-9,12H,11,20H2,1-2H3.